The van der Waals surface area contributed by atoms with Gasteiger partial charge in [0, 0.05) is 28.8 Å². The number of thioether (sulfide) groups is 2. The molecule has 2 aliphatic heterocycles. The smallest absolute Gasteiger partial charge is 0.276 e. The second-order valence-electron chi connectivity index (χ2n) is 7.42. The first kappa shape index (κ1) is 25.7. The van der Waals surface area contributed by atoms with Crippen molar-refractivity contribution < 1.29 is 33.7 Å². The van der Waals surface area contributed by atoms with Crippen LogP contribution in [0.1, 0.15) is 5.69 Å². The lowest BCUT2D eigenvalue weighted by atomic mass is 10.0. The van der Waals surface area contributed by atoms with Gasteiger partial charge in [0.15, 0.2) is 35.7 Å². The third-order valence-corrected chi connectivity index (χ3v) is 7.60. The molecule has 1 fully saturated rings. The highest BCUT2D eigenvalue weighted by Crippen LogP contribution is 2.40. The van der Waals surface area contributed by atoms with Gasteiger partial charge in [-0.2, -0.15) is 0 Å². The standard InChI is InChI=1S/C21H20N6O6S3/c1-34-11-33-25-14(13-9-36-21(23-13)22-10-28)17(29)24-15-18(30)27-16(20(31)32)12(8-35-19(15)27)7-26-5-3-2-4-6-26/h2-6,9-10,15,19H,7-8,11H2,1H3,(H2-,22,23,24,28,29,31,32)/b25-14-/t15?,19-/m1/s1. The molecule has 0 saturated carbocycles. The molecule has 4 heterocycles. The number of carboxylic acids is 1. The molecule has 0 radical (unpaired) electrons. The van der Waals surface area contributed by atoms with Crippen molar-refractivity contribution in [3.05, 3.63) is 52.9 Å². The first-order valence-electron chi connectivity index (χ1n) is 10.4. The number of nitrogens with zero attached hydrogens (tertiary/aromatic N) is 4. The first-order valence-corrected chi connectivity index (χ1v) is 13.7. The quantitative estimate of drug-likeness (QED) is 0.0694. The number of carbonyl (C=O) groups excluding carboxylic acids is 4. The van der Waals surface area contributed by atoms with Crippen LogP contribution >= 0.6 is 34.9 Å². The van der Waals surface area contributed by atoms with Gasteiger partial charge in [0.05, 0.1) is 11.7 Å². The van der Waals surface area contributed by atoms with Crippen molar-refractivity contribution in [2.24, 2.45) is 5.16 Å². The van der Waals surface area contributed by atoms with Crippen LogP contribution in [0.3, 0.4) is 0 Å². The van der Waals surface area contributed by atoms with E-state index in [1.165, 1.54) is 28.9 Å². The number of pyridine rings is 1. The number of anilines is 1. The summed E-state index contributed by atoms with van der Waals surface area (Å²) < 4.78 is 1.81. The second kappa shape index (κ2) is 11.5. The lowest BCUT2D eigenvalue weighted by Gasteiger charge is -2.50. The Morgan fingerprint density at radius 3 is 2.86 bits per heavy atom. The van der Waals surface area contributed by atoms with Gasteiger partial charge in [0.25, 0.3) is 11.8 Å². The molecule has 3 amide bonds. The number of hydrogen-bond acceptors (Lipinski definition) is 11. The predicted molar refractivity (Wildman–Crippen MR) is 131 cm³/mol. The number of fused-ring (bicyclic) bond motifs is 1. The SMILES string of the molecule is CSCO/N=C(\C(=O)NC1C(=O)N2C(C(=O)[O-])=C(C[n+]3ccccc3)CS[C@H]12)c1csc(NC=O)n1. The Balaban J connectivity index is 1.52. The molecule has 36 heavy (non-hydrogen) atoms. The molecule has 0 aliphatic carbocycles. The van der Waals surface area contributed by atoms with Crippen molar-refractivity contribution in [1.82, 2.24) is 15.2 Å². The third kappa shape index (κ3) is 5.37. The molecular weight excluding hydrogens is 528 g/mol. The van der Waals surface area contributed by atoms with Gasteiger partial charge in [-0.25, -0.2) is 9.55 Å². The predicted octanol–water partition coefficient (Wildman–Crippen LogP) is -0.856. The van der Waals surface area contributed by atoms with Crippen molar-refractivity contribution in [2.45, 2.75) is 18.0 Å². The number of rotatable bonds is 11. The van der Waals surface area contributed by atoms with Crippen LogP contribution < -0.4 is 20.3 Å². The summed E-state index contributed by atoms with van der Waals surface area (Å²) in [5.41, 5.74) is 0.339. The van der Waals surface area contributed by atoms with Crippen molar-refractivity contribution in [2.75, 3.05) is 23.3 Å². The lowest BCUT2D eigenvalue weighted by Crippen LogP contribution is -2.71. The van der Waals surface area contributed by atoms with Gasteiger partial charge in [0.2, 0.25) is 6.41 Å². The summed E-state index contributed by atoms with van der Waals surface area (Å²) in [6.45, 7) is 0.287. The number of thiazole rings is 1. The zero-order valence-corrected chi connectivity index (χ0v) is 21.2. The number of nitrogens with one attached hydrogen (secondary N) is 2. The third-order valence-electron chi connectivity index (χ3n) is 5.15. The summed E-state index contributed by atoms with van der Waals surface area (Å²) in [5.74, 6) is -2.22. The highest BCUT2D eigenvalue weighted by Gasteiger charge is 2.53. The van der Waals surface area contributed by atoms with Crippen LogP contribution in [0.4, 0.5) is 5.13 Å². The normalized spacial score (nSPS) is 19.3. The number of carboxylic acid groups (broad SMARTS) is 1. The van der Waals surface area contributed by atoms with Crippen molar-refractivity contribution in [1.29, 1.82) is 0 Å². The summed E-state index contributed by atoms with van der Waals surface area (Å²) in [7, 11) is 0. The topological polar surface area (TPSA) is 157 Å². The highest BCUT2D eigenvalue weighted by atomic mass is 32.2. The summed E-state index contributed by atoms with van der Waals surface area (Å²) in [6.07, 6.45) is 5.84. The zero-order valence-electron chi connectivity index (χ0n) is 18.8. The fourth-order valence-electron chi connectivity index (χ4n) is 3.61. The molecule has 15 heteroatoms. The average molecular weight is 549 g/mol. The molecule has 2 aromatic heterocycles. The van der Waals surface area contributed by atoms with E-state index in [-0.39, 0.29) is 34.7 Å². The minimum Gasteiger partial charge on any atom is -0.543 e. The van der Waals surface area contributed by atoms with Crippen molar-refractivity contribution in [3.63, 3.8) is 0 Å². The fourth-order valence-corrected chi connectivity index (χ4v) is 5.76. The molecule has 4 rings (SSSR count). The van der Waals surface area contributed by atoms with Gasteiger partial charge in [-0.15, -0.1) is 34.9 Å². The average Bonchev–Trinajstić information content (AvgIpc) is 3.33. The van der Waals surface area contributed by atoms with Gasteiger partial charge < -0.3 is 25.4 Å². The van der Waals surface area contributed by atoms with Gasteiger partial charge >= 0.3 is 0 Å². The van der Waals surface area contributed by atoms with Crippen molar-refractivity contribution >= 4 is 69.9 Å². The number of oxime groups is 1. The maximum absolute atomic E-state index is 13.1. The van der Waals surface area contributed by atoms with E-state index in [4.69, 9.17) is 4.84 Å². The van der Waals surface area contributed by atoms with Gasteiger partial charge in [0.1, 0.15) is 17.1 Å². The number of β-lactam (4-membered cyclic amide) rings is 1. The van der Waals surface area contributed by atoms with Crippen LogP contribution in [-0.4, -0.2) is 69.2 Å². The van der Waals surface area contributed by atoms with E-state index in [2.05, 4.69) is 20.8 Å². The van der Waals surface area contributed by atoms with Gasteiger partial charge in [-0.05, 0) is 6.26 Å². The Morgan fingerprint density at radius 2 is 2.17 bits per heavy atom. The van der Waals surface area contributed by atoms with E-state index < -0.39 is 29.2 Å². The molecule has 2 N–H and O–H groups in total. The Morgan fingerprint density at radius 1 is 1.39 bits per heavy atom. The molecule has 0 spiro atoms. The summed E-state index contributed by atoms with van der Waals surface area (Å²) in [6, 6.07) is 4.51. The Hall–Kier alpha value is -3.43. The minimum atomic E-state index is -1.45. The van der Waals surface area contributed by atoms with Crippen LogP contribution in [0.15, 0.2) is 52.4 Å². The van der Waals surface area contributed by atoms with Crippen LogP contribution in [0.5, 0.6) is 0 Å². The Labute approximate surface area is 217 Å². The second-order valence-corrected chi connectivity index (χ2v) is 10.2. The Bertz CT molecular complexity index is 1230. The fraction of sp³-hybridized carbons (Fsp3) is 0.286. The van der Waals surface area contributed by atoms with E-state index in [9.17, 15) is 24.3 Å². The largest absolute Gasteiger partial charge is 0.543 e. The monoisotopic (exact) mass is 548 g/mol. The number of carbonyl (C=O) groups is 4. The summed E-state index contributed by atoms with van der Waals surface area (Å²) >= 11 is 3.77. The van der Waals surface area contributed by atoms with Crippen LogP contribution in [0.25, 0.3) is 0 Å². The number of aliphatic carboxylic acids is 1. The number of hydrogen-bond donors (Lipinski definition) is 2. The zero-order chi connectivity index (χ0) is 25.7. The molecule has 1 unspecified atom stereocenters. The van der Waals surface area contributed by atoms with Crippen LogP contribution in [0, 0.1) is 0 Å². The van der Waals surface area contributed by atoms with Crippen LogP contribution in [0.2, 0.25) is 0 Å². The minimum absolute atomic E-state index is 0.153. The molecular formula is C21H20N6O6S3. The molecule has 0 aromatic carbocycles. The molecule has 2 aliphatic rings. The van der Waals surface area contributed by atoms with E-state index in [1.807, 2.05) is 22.8 Å². The molecule has 2 aromatic rings. The van der Waals surface area contributed by atoms with E-state index in [0.29, 0.717) is 17.7 Å². The first-order chi connectivity index (χ1) is 17.4. The van der Waals surface area contributed by atoms with E-state index in [1.54, 1.807) is 18.6 Å². The Kier molecular flexibility index (Phi) is 8.22. The maximum atomic E-state index is 13.1. The van der Waals surface area contributed by atoms with Gasteiger partial charge in [-0.3, -0.25) is 19.3 Å². The van der Waals surface area contributed by atoms with Crippen LogP contribution in [-0.2, 0) is 30.6 Å². The number of aromatic nitrogens is 2. The number of amides is 3. The summed E-state index contributed by atoms with van der Waals surface area (Å²) in [4.78, 5) is 59.1. The van der Waals surface area contributed by atoms with E-state index in [0.717, 1.165) is 16.2 Å². The lowest BCUT2D eigenvalue weighted by molar-refractivity contribution is -0.689. The molecule has 12 nitrogen and oxygen atoms in total. The van der Waals surface area contributed by atoms with E-state index >= 15 is 0 Å². The molecule has 0 bridgehead atoms. The maximum Gasteiger partial charge on any atom is 0.276 e. The molecule has 2 atom stereocenters. The highest BCUT2D eigenvalue weighted by molar-refractivity contribution is 8.00. The summed E-state index contributed by atoms with van der Waals surface area (Å²) in [5, 5.41) is 22.0. The molecule has 188 valence electrons. The van der Waals surface area contributed by atoms with Gasteiger partial charge in [-0.1, -0.05) is 11.2 Å². The molecule has 1 saturated heterocycles. The van der Waals surface area contributed by atoms with Crippen molar-refractivity contribution in [3.8, 4) is 0 Å².